The number of hydrogen-bond acceptors (Lipinski definition) is 2. The van der Waals surface area contributed by atoms with Crippen LogP contribution in [0.25, 0.3) is 0 Å². The average Bonchev–Trinajstić information content (AvgIpc) is 2.42. The highest BCUT2D eigenvalue weighted by Gasteiger charge is 2.01. The summed E-state index contributed by atoms with van der Waals surface area (Å²) in [5, 5.41) is 5.67. The summed E-state index contributed by atoms with van der Waals surface area (Å²) >= 11 is 0. The van der Waals surface area contributed by atoms with E-state index in [2.05, 4.69) is 17.6 Å². The molecule has 0 saturated heterocycles. The highest BCUT2D eigenvalue weighted by Crippen LogP contribution is 2.01. The number of nitrogens with two attached hydrogens (primary N) is 1. The quantitative estimate of drug-likeness (QED) is 0.646. The molecule has 0 radical (unpaired) electrons. The molecule has 1 atom stereocenters. The van der Waals surface area contributed by atoms with Crippen LogP contribution >= 0.6 is 0 Å². The normalized spacial score (nSPS) is 11.9. The van der Waals surface area contributed by atoms with Crippen molar-refractivity contribution in [1.29, 1.82) is 0 Å². The molecule has 1 unspecified atom stereocenters. The number of urea groups is 1. The second kappa shape index (κ2) is 8.53. The molecule has 4 heteroatoms. The molecule has 4 N–H and O–H groups in total. The second-order valence-corrected chi connectivity index (χ2v) is 4.58. The van der Waals surface area contributed by atoms with E-state index >= 15 is 0 Å². The molecule has 0 spiro atoms. The molecule has 0 saturated carbocycles. The van der Waals surface area contributed by atoms with Gasteiger partial charge in [0.05, 0.1) is 0 Å². The van der Waals surface area contributed by atoms with E-state index in [1.54, 1.807) is 0 Å². The number of hydrogen-bond donors (Lipinski definition) is 3. The number of carbonyl (C=O) groups is 1. The van der Waals surface area contributed by atoms with E-state index in [9.17, 15) is 4.79 Å². The number of rotatable bonds is 7. The van der Waals surface area contributed by atoms with Gasteiger partial charge in [0.2, 0.25) is 0 Å². The van der Waals surface area contributed by atoms with Crippen LogP contribution in [0.2, 0.25) is 0 Å². The second-order valence-electron chi connectivity index (χ2n) is 4.58. The highest BCUT2D eigenvalue weighted by atomic mass is 16.2. The summed E-state index contributed by atoms with van der Waals surface area (Å²) in [6.07, 6.45) is 2.02. The van der Waals surface area contributed by atoms with Gasteiger partial charge < -0.3 is 16.4 Å². The van der Waals surface area contributed by atoms with Gasteiger partial charge in [-0.3, -0.25) is 0 Å². The Morgan fingerprint density at radius 2 is 2.00 bits per heavy atom. The van der Waals surface area contributed by atoms with E-state index in [1.165, 1.54) is 0 Å². The number of benzene rings is 1. The van der Waals surface area contributed by atoms with Crippen molar-refractivity contribution in [3.05, 3.63) is 35.9 Å². The summed E-state index contributed by atoms with van der Waals surface area (Å²) in [5.74, 6) is 0.527. The average molecular weight is 249 g/mol. The molecular formula is C14H23N3O. The molecule has 0 fully saturated rings. The lowest BCUT2D eigenvalue weighted by molar-refractivity contribution is 0.240. The van der Waals surface area contributed by atoms with Crippen LogP contribution in [-0.4, -0.2) is 19.1 Å². The molecule has 1 aromatic rings. The smallest absolute Gasteiger partial charge is 0.315 e. The molecule has 1 aromatic carbocycles. The topological polar surface area (TPSA) is 67.1 Å². The SMILES string of the molecule is CC(CN)CCCNC(=O)NCc1ccccc1. The van der Waals surface area contributed by atoms with Crippen molar-refractivity contribution in [2.45, 2.75) is 26.3 Å². The first-order valence-electron chi connectivity index (χ1n) is 6.48. The molecule has 100 valence electrons. The standard InChI is InChI=1S/C14H23N3O/c1-12(10-15)6-5-9-16-14(18)17-11-13-7-3-2-4-8-13/h2-4,7-8,12H,5-6,9-11,15H2,1H3,(H2,16,17,18). The van der Waals surface area contributed by atoms with E-state index in [0.29, 0.717) is 25.6 Å². The molecule has 0 aliphatic rings. The van der Waals surface area contributed by atoms with Gasteiger partial charge in [-0.2, -0.15) is 0 Å². The first kappa shape index (κ1) is 14.5. The Morgan fingerprint density at radius 3 is 2.67 bits per heavy atom. The van der Waals surface area contributed by atoms with Gasteiger partial charge in [-0.1, -0.05) is 37.3 Å². The Bertz CT molecular complexity index is 340. The van der Waals surface area contributed by atoms with Crippen LogP contribution in [0.15, 0.2) is 30.3 Å². The maximum Gasteiger partial charge on any atom is 0.315 e. The van der Waals surface area contributed by atoms with E-state index in [-0.39, 0.29) is 6.03 Å². The zero-order chi connectivity index (χ0) is 13.2. The third-order valence-electron chi connectivity index (χ3n) is 2.86. The number of amides is 2. The van der Waals surface area contributed by atoms with Crippen LogP contribution in [0.5, 0.6) is 0 Å². The zero-order valence-corrected chi connectivity index (χ0v) is 11.0. The van der Waals surface area contributed by atoms with Gasteiger partial charge in [0.15, 0.2) is 0 Å². The minimum Gasteiger partial charge on any atom is -0.338 e. The Morgan fingerprint density at radius 1 is 1.28 bits per heavy atom. The molecule has 0 bridgehead atoms. The first-order chi connectivity index (χ1) is 8.72. The fraction of sp³-hybridized carbons (Fsp3) is 0.500. The lowest BCUT2D eigenvalue weighted by Crippen LogP contribution is -2.35. The van der Waals surface area contributed by atoms with Crippen molar-refractivity contribution >= 4 is 6.03 Å². The van der Waals surface area contributed by atoms with Crippen molar-refractivity contribution in [2.24, 2.45) is 11.7 Å². The lowest BCUT2D eigenvalue weighted by atomic mass is 10.1. The molecule has 0 aliphatic carbocycles. The maximum absolute atomic E-state index is 11.5. The summed E-state index contributed by atoms with van der Waals surface area (Å²) < 4.78 is 0. The molecule has 2 amide bonds. The largest absolute Gasteiger partial charge is 0.338 e. The molecule has 0 aromatic heterocycles. The highest BCUT2D eigenvalue weighted by molar-refractivity contribution is 5.73. The summed E-state index contributed by atoms with van der Waals surface area (Å²) in [6, 6.07) is 9.75. The van der Waals surface area contributed by atoms with Gasteiger partial charge in [0.25, 0.3) is 0 Å². The van der Waals surface area contributed by atoms with Gasteiger partial charge in [0.1, 0.15) is 0 Å². The molecule has 1 rings (SSSR count). The van der Waals surface area contributed by atoms with Crippen LogP contribution in [-0.2, 0) is 6.54 Å². The van der Waals surface area contributed by atoms with Crippen LogP contribution < -0.4 is 16.4 Å². The molecule has 18 heavy (non-hydrogen) atoms. The van der Waals surface area contributed by atoms with E-state index in [4.69, 9.17) is 5.73 Å². The zero-order valence-electron chi connectivity index (χ0n) is 11.0. The van der Waals surface area contributed by atoms with Crippen LogP contribution in [0.3, 0.4) is 0 Å². The summed E-state index contributed by atoms with van der Waals surface area (Å²) in [7, 11) is 0. The van der Waals surface area contributed by atoms with Crippen LogP contribution in [0.4, 0.5) is 4.79 Å². The minimum atomic E-state index is -0.112. The Hall–Kier alpha value is -1.55. The monoisotopic (exact) mass is 249 g/mol. The summed E-state index contributed by atoms with van der Waals surface area (Å²) in [6.45, 7) is 4.09. The predicted molar refractivity (Wildman–Crippen MR) is 74.1 cm³/mol. The minimum absolute atomic E-state index is 0.112. The van der Waals surface area contributed by atoms with E-state index in [0.717, 1.165) is 18.4 Å². The van der Waals surface area contributed by atoms with Gasteiger partial charge in [-0.15, -0.1) is 0 Å². The maximum atomic E-state index is 11.5. The van der Waals surface area contributed by atoms with Crippen molar-refractivity contribution in [1.82, 2.24) is 10.6 Å². The van der Waals surface area contributed by atoms with Crippen LogP contribution in [0, 0.1) is 5.92 Å². The molecule has 0 aliphatic heterocycles. The van der Waals surface area contributed by atoms with Gasteiger partial charge in [-0.25, -0.2) is 4.79 Å². The van der Waals surface area contributed by atoms with Crippen molar-refractivity contribution in [3.8, 4) is 0 Å². The Balaban J connectivity index is 2.07. The fourth-order valence-electron chi connectivity index (χ4n) is 1.61. The van der Waals surface area contributed by atoms with Crippen molar-refractivity contribution in [2.75, 3.05) is 13.1 Å². The third kappa shape index (κ3) is 6.25. The summed E-state index contributed by atoms with van der Waals surface area (Å²) in [5.41, 5.74) is 6.63. The Labute approximate surface area is 109 Å². The van der Waals surface area contributed by atoms with Crippen molar-refractivity contribution < 1.29 is 4.79 Å². The van der Waals surface area contributed by atoms with E-state index in [1.807, 2.05) is 30.3 Å². The lowest BCUT2D eigenvalue weighted by Gasteiger charge is -2.10. The molecule has 4 nitrogen and oxygen atoms in total. The number of nitrogens with one attached hydrogen (secondary N) is 2. The number of carbonyl (C=O) groups excluding carboxylic acids is 1. The van der Waals surface area contributed by atoms with E-state index < -0.39 is 0 Å². The van der Waals surface area contributed by atoms with Crippen LogP contribution in [0.1, 0.15) is 25.3 Å². The predicted octanol–water partition coefficient (Wildman–Crippen LogP) is 1.86. The fourth-order valence-corrected chi connectivity index (χ4v) is 1.61. The van der Waals surface area contributed by atoms with Gasteiger partial charge in [0, 0.05) is 13.1 Å². The first-order valence-corrected chi connectivity index (χ1v) is 6.48. The third-order valence-corrected chi connectivity index (χ3v) is 2.86. The van der Waals surface area contributed by atoms with Crippen molar-refractivity contribution in [3.63, 3.8) is 0 Å². The molecule has 0 heterocycles. The molecular weight excluding hydrogens is 226 g/mol. The van der Waals surface area contributed by atoms with Gasteiger partial charge in [-0.05, 0) is 30.9 Å². The van der Waals surface area contributed by atoms with Gasteiger partial charge >= 0.3 is 6.03 Å². The summed E-state index contributed by atoms with van der Waals surface area (Å²) in [4.78, 5) is 11.5. The Kier molecular flexibility index (Phi) is 6.87.